The van der Waals surface area contributed by atoms with Crippen LogP contribution in [0.5, 0.6) is 0 Å². The quantitative estimate of drug-likeness (QED) is 0.0452. The third-order valence-electron chi connectivity index (χ3n) is 4.98. The fourth-order valence-electron chi connectivity index (χ4n) is 2.95. The van der Waals surface area contributed by atoms with Crippen LogP contribution in [0.25, 0.3) is 0 Å². The van der Waals surface area contributed by atoms with E-state index in [2.05, 4.69) is 20.9 Å². The zero-order valence-electron chi connectivity index (χ0n) is 20.5. The summed E-state index contributed by atoms with van der Waals surface area (Å²) in [5, 5.41) is 25.7. The Balaban J connectivity index is 5.67. The molecule has 0 aliphatic carbocycles. The second-order valence-corrected chi connectivity index (χ2v) is 8.25. The molecule has 210 valence electrons. The smallest absolute Gasteiger partial charge is 0.328 e. The maximum atomic E-state index is 13.0. The molecule has 17 nitrogen and oxygen atoms in total. The van der Waals surface area contributed by atoms with Gasteiger partial charge in [-0.3, -0.25) is 29.0 Å². The highest BCUT2D eigenvalue weighted by molar-refractivity contribution is 5.94. The van der Waals surface area contributed by atoms with Crippen molar-refractivity contribution in [3.63, 3.8) is 0 Å². The average molecular weight is 532 g/mol. The molecular formula is C20H37N9O8. The van der Waals surface area contributed by atoms with E-state index in [1.807, 2.05) is 0 Å². The fraction of sp³-hybridized carbons (Fsp3) is 0.650. The van der Waals surface area contributed by atoms with Gasteiger partial charge in [0.05, 0.1) is 12.1 Å². The van der Waals surface area contributed by atoms with Crippen LogP contribution < -0.4 is 44.6 Å². The molecule has 17 heteroatoms. The van der Waals surface area contributed by atoms with Crippen LogP contribution in [0.15, 0.2) is 4.99 Å². The molecule has 15 N–H and O–H groups in total. The number of nitrogens with two attached hydrogens (primary N) is 5. The predicted octanol–water partition coefficient (Wildman–Crippen LogP) is -5.18. The first-order valence-electron chi connectivity index (χ1n) is 11.3. The fourth-order valence-corrected chi connectivity index (χ4v) is 2.95. The first-order chi connectivity index (χ1) is 17.1. The molecule has 0 aliphatic heterocycles. The van der Waals surface area contributed by atoms with Gasteiger partial charge in [-0.05, 0) is 32.6 Å². The zero-order valence-corrected chi connectivity index (χ0v) is 20.5. The number of aliphatic carboxylic acids is 1. The Labute approximate surface area is 212 Å². The van der Waals surface area contributed by atoms with Gasteiger partial charge in [0, 0.05) is 19.4 Å². The number of rotatable bonds is 18. The number of guanidine groups is 1. The summed E-state index contributed by atoms with van der Waals surface area (Å²) in [6.45, 7) is 1.24. The van der Waals surface area contributed by atoms with Crippen molar-refractivity contribution in [2.75, 3.05) is 6.54 Å². The van der Waals surface area contributed by atoms with E-state index < -0.39 is 65.8 Å². The van der Waals surface area contributed by atoms with Crippen molar-refractivity contribution in [2.24, 2.45) is 33.7 Å². The van der Waals surface area contributed by atoms with Crippen molar-refractivity contribution in [1.29, 1.82) is 0 Å². The molecule has 0 radical (unpaired) electrons. The molecule has 0 aromatic carbocycles. The Morgan fingerprint density at radius 1 is 0.784 bits per heavy atom. The van der Waals surface area contributed by atoms with Crippen molar-refractivity contribution in [1.82, 2.24) is 16.0 Å². The number of hydrogen-bond acceptors (Lipinski definition) is 9. The van der Waals surface area contributed by atoms with Crippen LogP contribution in [0.4, 0.5) is 0 Å². The van der Waals surface area contributed by atoms with Gasteiger partial charge in [-0.25, -0.2) is 4.79 Å². The van der Waals surface area contributed by atoms with Gasteiger partial charge in [-0.1, -0.05) is 0 Å². The Hall–Kier alpha value is -3.99. The molecule has 5 amide bonds. The second-order valence-electron chi connectivity index (χ2n) is 8.25. The van der Waals surface area contributed by atoms with Crippen LogP contribution in [0.3, 0.4) is 0 Å². The number of carbonyl (C=O) groups excluding carboxylic acids is 5. The zero-order chi connectivity index (χ0) is 28.7. The standard InChI is InChI=1S/C20H37N9O8/c1-9(30)15(19(36)37)29-18(35)11(3-2-8-26-20(24)25)28-17(34)12(5-7-14(23)32)27-16(33)10(21)4-6-13(22)31/h9-12,15,30H,2-8,21H2,1H3,(H2,22,31)(H2,23,32)(H,27,33)(H,28,34)(H,29,35)(H,36,37)(H4,24,25,26). The van der Waals surface area contributed by atoms with Gasteiger partial charge in [0.2, 0.25) is 29.5 Å². The third-order valence-corrected chi connectivity index (χ3v) is 4.98. The third kappa shape index (κ3) is 14.2. The number of carboxylic acids is 1. The minimum absolute atomic E-state index is 0.0604. The van der Waals surface area contributed by atoms with E-state index in [9.17, 15) is 39.0 Å². The van der Waals surface area contributed by atoms with Crippen LogP contribution in [0, 0.1) is 0 Å². The van der Waals surface area contributed by atoms with E-state index >= 15 is 0 Å². The topological polar surface area (TPSA) is 321 Å². The number of primary amides is 2. The largest absolute Gasteiger partial charge is 0.480 e. The molecule has 0 saturated carbocycles. The number of carbonyl (C=O) groups is 6. The minimum atomic E-state index is -1.67. The molecule has 5 atom stereocenters. The molecule has 0 fully saturated rings. The van der Waals surface area contributed by atoms with Crippen LogP contribution in [-0.4, -0.2) is 88.5 Å². The normalized spacial score (nSPS) is 14.7. The summed E-state index contributed by atoms with van der Waals surface area (Å²) in [5.74, 6) is -5.82. The molecule has 5 unspecified atom stereocenters. The van der Waals surface area contributed by atoms with Crippen molar-refractivity contribution in [3.8, 4) is 0 Å². The maximum absolute atomic E-state index is 13.0. The molecule has 0 spiro atoms. The van der Waals surface area contributed by atoms with Gasteiger partial charge in [-0.15, -0.1) is 0 Å². The van der Waals surface area contributed by atoms with Crippen molar-refractivity contribution < 1.29 is 39.0 Å². The van der Waals surface area contributed by atoms with Crippen molar-refractivity contribution in [2.45, 2.75) is 75.7 Å². The average Bonchev–Trinajstić information content (AvgIpc) is 2.78. The number of aliphatic hydroxyl groups is 1. The lowest BCUT2D eigenvalue weighted by molar-refractivity contribution is -0.145. The Morgan fingerprint density at radius 3 is 1.76 bits per heavy atom. The first kappa shape index (κ1) is 33.0. The summed E-state index contributed by atoms with van der Waals surface area (Å²) in [6, 6.07) is -5.56. The summed E-state index contributed by atoms with van der Waals surface area (Å²) < 4.78 is 0. The molecule has 37 heavy (non-hydrogen) atoms. The number of amides is 5. The van der Waals surface area contributed by atoms with E-state index in [1.54, 1.807) is 0 Å². The van der Waals surface area contributed by atoms with Gasteiger partial charge in [0.15, 0.2) is 12.0 Å². The molecule has 0 aromatic rings. The minimum Gasteiger partial charge on any atom is -0.480 e. The lowest BCUT2D eigenvalue weighted by Gasteiger charge is -2.25. The van der Waals surface area contributed by atoms with Crippen LogP contribution in [-0.2, 0) is 28.8 Å². The predicted molar refractivity (Wildman–Crippen MR) is 130 cm³/mol. The summed E-state index contributed by atoms with van der Waals surface area (Å²) >= 11 is 0. The molecule has 0 bridgehead atoms. The van der Waals surface area contributed by atoms with E-state index in [-0.39, 0.29) is 51.0 Å². The lowest BCUT2D eigenvalue weighted by Crippen LogP contribution is -2.58. The monoisotopic (exact) mass is 531 g/mol. The highest BCUT2D eigenvalue weighted by Gasteiger charge is 2.31. The molecule has 0 heterocycles. The second kappa shape index (κ2) is 16.6. The molecule has 0 rings (SSSR count). The highest BCUT2D eigenvalue weighted by Crippen LogP contribution is 2.06. The molecule has 0 aliphatic rings. The Kier molecular flexibility index (Phi) is 14.8. The number of aliphatic hydroxyl groups excluding tert-OH is 1. The van der Waals surface area contributed by atoms with Crippen molar-refractivity contribution in [3.05, 3.63) is 0 Å². The Bertz CT molecular complexity index is 861. The maximum Gasteiger partial charge on any atom is 0.328 e. The number of nitrogens with one attached hydrogen (secondary N) is 3. The number of aliphatic imine (C=N–C) groups is 1. The summed E-state index contributed by atoms with van der Waals surface area (Å²) in [5.41, 5.74) is 26.4. The SMILES string of the molecule is CC(O)C(NC(=O)C(CCCN=C(N)N)NC(=O)C(CCC(N)=O)NC(=O)C(N)CCC(N)=O)C(=O)O. The number of nitrogens with zero attached hydrogens (tertiary/aromatic N) is 1. The van der Waals surface area contributed by atoms with Crippen molar-refractivity contribution >= 4 is 41.5 Å². The molecule has 0 aromatic heterocycles. The number of hydrogen-bond donors (Lipinski definition) is 10. The van der Waals surface area contributed by atoms with E-state index in [0.29, 0.717) is 0 Å². The summed E-state index contributed by atoms with van der Waals surface area (Å²) in [7, 11) is 0. The summed E-state index contributed by atoms with van der Waals surface area (Å²) in [4.78, 5) is 75.5. The van der Waals surface area contributed by atoms with E-state index in [0.717, 1.165) is 6.92 Å². The van der Waals surface area contributed by atoms with Gasteiger partial charge in [0.25, 0.3) is 0 Å². The molecular weight excluding hydrogens is 494 g/mol. The van der Waals surface area contributed by atoms with Gasteiger partial charge >= 0.3 is 5.97 Å². The van der Waals surface area contributed by atoms with Gasteiger partial charge in [-0.2, -0.15) is 0 Å². The van der Waals surface area contributed by atoms with E-state index in [4.69, 9.17) is 28.7 Å². The highest BCUT2D eigenvalue weighted by atomic mass is 16.4. The Morgan fingerprint density at radius 2 is 1.27 bits per heavy atom. The van der Waals surface area contributed by atoms with Crippen LogP contribution >= 0.6 is 0 Å². The van der Waals surface area contributed by atoms with E-state index in [1.165, 1.54) is 0 Å². The lowest BCUT2D eigenvalue weighted by atomic mass is 10.1. The summed E-state index contributed by atoms with van der Waals surface area (Å²) in [6.07, 6.45) is -2.17. The number of carboxylic acid groups (broad SMARTS) is 1. The first-order valence-corrected chi connectivity index (χ1v) is 11.3. The van der Waals surface area contributed by atoms with Gasteiger partial charge < -0.3 is 54.8 Å². The van der Waals surface area contributed by atoms with Crippen LogP contribution in [0.1, 0.15) is 45.4 Å². The molecule has 0 saturated heterocycles. The van der Waals surface area contributed by atoms with Crippen LogP contribution in [0.2, 0.25) is 0 Å². The van der Waals surface area contributed by atoms with Gasteiger partial charge in [0.1, 0.15) is 12.1 Å².